The molecule has 4 bridgehead atoms. The smallest absolute Gasteiger partial charge is 0.0358 e. The van der Waals surface area contributed by atoms with Crippen LogP contribution in [0.1, 0.15) is 54.9 Å². The van der Waals surface area contributed by atoms with E-state index in [1.807, 2.05) is 0 Å². The van der Waals surface area contributed by atoms with Crippen molar-refractivity contribution in [2.45, 2.75) is 50.4 Å². The van der Waals surface area contributed by atoms with Crippen LogP contribution in [0.3, 0.4) is 0 Å². The van der Waals surface area contributed by atoms with E-state index in [0.29, 0.717) is 5.92 Å². The lowest BCUT2D eigenvalue weighted by Gasteiger charge is -2.54. The fraction of sp³-hybridized carbons (Fsp3) is 0.308. The van der Waals surface area contributed by atoms with Crippen LogP contribution in [0.25, 0.3) is 44.5 Å². The highest BCUT2D eigenvalue weighted by Gasteiger charge is 2.49. The summed E-state index contributed by atoms with van der Waals surface area (Å²) in [5.74, 6) is 1.48. The molecule has 6 aromatic carbocycles. The van der Waals surface area contributed by atoms with Crippen molar-refractivity contribution in [1.29, 1.82) is 0 Å². The molecule has 6 aliphatic rings. The lowest BCUT2D eigenvalue weighted by Crippen LogP contribution is -2.57. The van der Waals surface area contributed by atoms with E-state index in [4.69, 9.17) is 0 Å². The zero-order chi connectivity index (χ0) is 36.3. The van der Waals surface area contributed by atoms with Crippen LogP contribution in [0.2, 0.25) is 0 Å². The van der Waals surface area contributed by atoms with Crippen LogP contribution in [0, 0.1) is 18.8 Å². The van der Waals surface area contributed by atoms with Crippen molar-refractivity contribution in [1.82, 2.24) is 9.80 Å². The average molecular weight is 705 g/mol. The summed E-state index contributed by atoms with van der Waals surface area (Å²) in [6.07, 6.45) is 5.23. The maximum atomic E-state index is 2.70. The number of aryl methyl sites for hydroxylation is 1. The van der Waals surface area contributed by atoms with Gasteiger partial charge in [-0.15, -0.1) is 0 Å². The van der Waals surface area contributed by atoms with Gasteiger partial charge in [0.05, 0.1) is 0 Å². The van der Waals surface area contributed by atoms with E-state index in [9.17, 15) is 0 Å². The van der Waals surface area contributed by atoms with Crippen molar-refractivity contribution in [2.24, 2.45) is 11.8 Å². The number of hydrogen-bond donors (Lipinski definition) is 0. The minimum Gasteiger partial charge on any atom is -0.302 e. The SMILES string of the molecule is Cc1ccc(-c2ccc(-c3ccc(C4(c5ccc(-c6ccc(-c7ccc([C@@]8(C)CN9CCC8CC9)cc7)cc6)cc5)CN5CCC4CC5)cc3)cc2)cc1. The van der Waals surface area contributed by atoms with Crippen LogP contribution < -0.4 is 0 Å². The Morgan fingerprint density at radius 3 is 0.981 bits per heavy atom. The molecule has 0 saturated carbocycles. The Morgan fingerprint density at radius 1 is 0.370 bits per heavy atom. The Labute approximate surface area is 322 Å². The van der Waals surface area contributed by atoms with Crippen LogP contribution in [0.4, 0.5) is 0 Å². The van der Waals surface area contributed by atoms with Crippen LogP contribution >= 0.6 is 0 Å². The number of piperidine rings is 6. The molecule has 2 heteroatoms. The van der Waals surface area contributed by atoms with Crippen LogP contribution in [-0.2, 0) is 10.8 Å². The minimum atomic E-state index is 0.0183. The van der Waals surface area contributed by atoms with Gasteiger partial charge in [-0.05, 0) is 132 Å². The summed E-state index contributed by atoms with van der Waals surface area (Å²) in [4.78, 5) is 5.37. The molecule has 0 aliphatic carbocycles. The zero-order valence-corrected chi connectivity index (χ0v) is 32.0. The van der Waals surface area contributed by atoms with Gasteiger partial charge in [0.2, 0.25) is 0 Å². The summed E-state index contributed by atoms with van der Waals surface area (Å²) in [5.41, 5.74) is 16.3. The third kappa shape index (κ3) is 5.86. The van der Waals surface area contributed by atoms with Gasteiger partial charge in [0.25, 0.3) is 0 Å². The summed E-state index contributed by atoms with van der Waals surface area (Å²) >= 11 is 0. The quantitative estimate of drug-likeness (QED) is 0.163. The molecule has 2 nitrogen and oxygen atoms in total. The number of benzene rings is 6. The van der Waals surface area contributed by atoms with Gasteiger partial charge < -0.3 is 9.80 Å². The second-order valence-corrected chi connectivity index (χ2v) is 17.2. The molecule has 6 saturated heterocycles. The summed E-state index contributed by atoms with van der Waals surface area (Å²) in [6.45, 7) is 12.0. The van der Waals surface area contributed by atoms with Crippen LogP contribution in [0.5, 0.6) is 0 Å². The Hall–Kier alpha value is -4.76. The molecule has 1 unspecified atom stereocenters. The van der Waals surface area contributed by atoms with Gasteiger partial charge >= 0.3 is 0 Å². The van der Waals surface area contributed by atoms with Crippen molar-refractivity contribution in [3.05, 3.63) is 168 Å². The monoisotopic (exact) mass is 704 g/mol. The highest BCUT2D eigenvalue weighted by Crippen LogP contribution is 2.50. The van der Waals surface area contributed by atoms with E-state index in [1.54, 1.807) is 0 Å². The van der Waals surface area contributed by atoms with Gasteiger partial charge in [-0.2, -0.15) is 0 Å². The first-order valence-electron chi connectivity index (χ1n) is 20.5. The molecule has 0 amide bonds. The molecule has 6 heterocycles. The van der Waals surface area contributed by atoms with Crippen molar-refractivity contribution < 1.29 is 0 Å². The lowest BCUT2D eigenvalue weighted by atomic mass is 9.59. The molecule has 0 spiro atoms. The molecule has 270 valence electrons. The van der Waals surface area contributed by atoms with E-state index in [0.717, 1.165) is 12.5 Å². The molecule has 0 radical (unpaired) electrons. The Bertz CT molecular complexity index is 2220. The van der Waals surface area contributed by atoms with Gasteiger partial charge in [-0.25, -0.2) is 0 Å². The first-order chi connectivity index (χ1) is 26.4. The molecule has 6 fully saturated rings. The van der Waals surface area contributed by atoms with E-state index < -0.39 is 0 Å². The number of fused-ring (bicyclic) bond motifs is 6. The van der Waals surface area contributed by atoms with E-state index in [-0.39, 0.29) is 10.8 Å². The summed E-state index contributed by atoms with van der Waals surface area (Å²) in [5, 5.41) is 0. The maximum absolute atomic E-state index is 2.70. The molecule has 12 rings (SSSR count). The largest absolute Gasteiger partial charge is 0.302 e. The second kappa shape index (κ2) is 13.5. The van der Waals surface area contributed by atoms with Gasteiger partial charge in [0.15, 0.2) is 0 Å². The molecular formula is C52H52N2. The molecule has 54 heavy (non-hydrogen) atoms. The third-order valence-electron chi connectivity index (χ3n) is 14.3. The van der Waals surface area contributed by atoms with Crippen LogP contribution in [0.15, 0.2) is 146 Å². The third-order valence-corrected chi connectivity index (χ3v) is 14.3. The van der Waals surface area contributed by atoms with Crippen molar-refractivity contribution in [3.8, 4) is 44.5 Å². The highest BCUT2D eigenvalue weighted by molar-refractivity contribution is 5.72. The first-order valence-corrected chi connectivity index (χ1v) is 20.5. The van der Waals surface area contributed by atoms with E-state index in [2.05, 4.69) is 169 Å². The predicted octanol–water partition coefficient (Wildman–Crippen LogP) is 11.7. The Balaban J connectivity index is 0.884. The van der Waals surface area contributed by atoms with Gasteiger partial charge in [-0.3, -0.25) is 0 Å². The summed E-state index contributed by atoms with van der Waals surface area (Å²) in [7, 11) is 0. The van der Waals surface area contributed by atoms with Crippen molar-refractivity contribution in [3.63, 3.8) is 0 Å². The average Bonchev–Trinajstić information content (AvgIpc) is 3.25. The molecule has 0 aromatic heterocycles. The van der Waals surface area contributed by atoms with Crippen molar-refractivity contribution in [2.75, 3.05) is 39.3 Å². The molecule has 6 aromatic rings. The van der Waals surface area contributed by atoms with Crippen LogP contribution in [-0.4, -0.2) is 49.1 Å². The minimum absolute atomic E-state index is 0.0183. The van der Waals surface area contributed by atoms with Gasteiger partial charge in [0.1, 0.15) is 0 Å². The van der Waals surface area contributed by atoms with Gasteiger partial charge in [-0.1, -0.05) is 158 Å². The van der Waals surface area contributed by atoms with Gasteiger partial charge in [0, 0.05) is 23.9 Å². The lowest BCUT2D eigenvalue weighted by molar-refractivity contribution is 0.0336. The number of nitrogens with zero attached hydrogens (tertiary/aromatic N) is 2. The molecule has 6 aliphatic heterocycles. The number of hydrogen-bond acceptors (Lipinski definition) is 2. The topological polar surface area (TPSA) is 6.48 Å². The molecular weight excluding hydrogens is 653 g/mol. The number of rotatable bonds is 7. The fourth-order valence-electron chi connectivity index (χ4n) is 11.0. The van der Waals surface area contributed by atoms with E-state index >= 15 is 0 Å². The summed E-state index contributed by atoms with van der Waals surface area (Å²) < 4.78 is 0. The fourth-order valence-corrected chi connectivity index (χ4v) is 11.0. The standard InChI is InChI=1S/C52H52N2/c1-37-3-5-38(6-4-37)39-7-9-41(10-8-39)44-17-23-48(24-18-44)52(36-54-33-29-50(52)30-34-54)49-25-19-45(20-26-49)42-13-11-40(12-14-42)43-15-21-46(22-16-43)51(2)35-53-31-27-47(51)28-32-53/h3-26,47,50H,27-36H2,1-2H3/t51-,52?/m1/s1. The maximum Gasteiger partial charge on any atom is 0.0358 e. The highest BCUT2D eigenvalue weighted by atomic mass is 15.2. The normalized spacial score (nSPS) is 27.2. The second-order valence-electron chi connectivity index (χ2n) is 17.2. The first kappa shape index (κ1) is 33.8. The zero-order valence-electron chi connectivity index (χ0n) is 32.0. The Kier molecular flexibility index (Phi) is 8.46. The molecule has 0 N–H and O–H groups in total. The van der Waals surface area contributed by atoms with Crippen molar-refractivity contribution >= 4 is 0 Å². The van der Waals surface area contributed by atoms with E-state index in [1.165, 1.54) is 125 Å². The summed E-state index contributed by atoms with van der Waals surface area (Å²) in [6, 6.07) is 55.8. The molecule has 2 atom stereocenters. The predicted molar refractivity (Wildman–Crippen MR) is 226 cm³/mol. The Morgan fingerprint density at radius 2 is 0.667 bits per heavy atom.